The van der Waals surface area contributed by atoms with Crippen molar-refractivity contribution < 1.29 is 23.2 Å². The number of ether oxygens (including phenoxy) is 1. The lowest BCUT2D eigenvalue weighted by molar-refractivity contribution is -0.387. The summed E-state index contributed by atoms with van der Waals surface area (Å²) in [5.74, 6) is -3.31. The Bertz CT molecular complexity index is 546. The van der Waals surface area contributed by atoms with Crippen LogP contribution in [0.4, 0.5) is 14.5 Å². The maximum atomic E-state index is 14.0. The van der Waals surface area contributed by atoms with Crippen LogP contribution in [0.5, 0.6) is 0 Å². The Morgan fingerprint density at radius 2 is 1.95 bits per heavy atom. The molecule has 1 atom stereocenters. The van der Waals surface area contributed by atoms with Crippen LogP contribution < -0.4 is 0 Å². The number of carbonyl (C=O) groups is 1. The highest BCUT2D eigenvalue weighted by Crippen LogP contribution is 2.33. The molecule has 0 aliphatic rings. The number of nitro benzene ring substituents is 1. The first-order valence-electron chi connectivity index (χ1n) is 6.56. The molecule has 0 radical (unpaired) electrons. The number of hydrogen-bond donors (Lipinski definition) is 0. The van der Waals surface area contributed by atoms with Gasteiger partial charge < -0.3 is 4.74 Å². The summed E-state index contributed by atoms with van der Waals surface area (Å²) < 4.78 is 32.5. The molecule has 0 fully saturated rings. The van der Waals surface area contributed by atoms with Crippen LogP contribution in [0.25, 0.3) is 0 Å². The molecule has 0 saturated carbocycles. The van der Waals surface area contributed by atoms with Crippen LogP contribution in [-0.2, 0) is 9.53 Å². The summed E-state index contributed by atoms with van der Waals surface area (Å²) in [7, 11) is 0. The molecule has 0 aliphatic carbocycles. The molecule has 7 heteroatoms. The highest BCUT2D eigenvalue weighted by Gasteiger charge is 2.27. The van der Waals surface area contributed by atoms with E-state index < -0.39 is 34.1 Å². The number of halogens is 2. The summed E-state index contributed by atoms with van der Waals surface area (Å²) in [4.78, 5) is 21.1. The quantitative estimate of drug-likeness (QED) is 0.457. The van der Waals surface area contributed by atoms with Gasteiger partial charge in [-0.05, 0) is 30.4 Å². The van der Waals surface area contributed by atoms with E-state index in [1.165, 1.54) is 0 Å². The number of nitrogens with zero attached hydrogens (tertiary/aromatic N) is 1. The fraction of sp³-hybridized carbons (Fsp3) is 0.500. The van der Waals surface area contributed by atoms with Crippen LogP contribution in [0.1, 0.15) is 38.7 Å². The van der Waals surface area contributed by atoms with E-state index >= 15 is 0 Å². The van der Waals surface area contributed by atoms with Gasteiger partial charge in [0.25, 0.3) is 0 Å². The number of nitro groups is 1. The van der Waals surface area contributed by atoms with E-state index in [-0.39, 0.29) is 24.5 Å². The molecule has 116 valence electrons. The molecular formula is C14H17F2NO4. The van der Waals surface area contributed by atoms with Gasteiger partial charge in [-0.1, -0.05) is 13.8 Å². The molecular weight excluding hydrogens is 284 g/mol. The molecule has 21 heavy (non-hydrogen) atoms. The molecule has 0 N–H and O–H groups in total. The Morgan fingerprint density at radius 3 is 2.43 bits per heavy atom. The zero-order chi connectivity index (χ0) is 16.2. The van der Waals surface area contributed by atoms with Crippen LogP contribution in [0.15, 0.2) is 12.1 Å². The second-order valence-electron chi connectivity index (χ2n) is 4.94. The molecule has 1 aromatic rings. The van der Waals surface area contributed by atoms with Gasteiger partial charge in [-0.15, -0.1) is 0 Å². The first-order chi connectivity index (χ1) is 9.77. The Kier molecular flexibility index (Phi) is 5.75. The lowest BCUT2D eigenvalue weighted by Gasteiger charge is -2.21. The number of hydrogen-bond acceptors (Lipinski definition) is 4. The van der Waals surface area contributed by atoms with Crippen molar-refractivity contribution in [1.29, 1.82) is 0 Å². The van der Waals surface area contributed by atoms with Gasteiger partial charge in [0.2, 0.25) is 5.82 Å². The van der Waals surface area contributed by atoms with Crippen molar-refractivity contribution in [3.05, 3.63) is 39.4 Å². The van der Waals surface area contributed by atoms with Crippen LogP contribution >= 0.6 is 0 Å². The van der Waals surface area contributed by atoms with E-state index in [4.69, 9.17) is 4.74 Å². The summed E-state index contributed by atoms with van der Waals surface area (Å²) in [6.07, 6.45) is -0.111. The van der Waals surface area contributed by atoms with Crippen LogP contribution in [0.3, 0.4) is 0 Å². The number of esters is 1. The average Bonchev–Trinajstić information content (AvgIpc) is 2.38. The third kappa shape index (κ3) is 4.21. The highest BCUT2D eigenvalue weighted by atomic mass is 19.1. The largest absolute Gasteiger partial charge is 0.466 e. The topological polar surface area (TPSA) is 69.4 Å². The Hall–Kier alpha value is -2.05. The summed E-state index contributed by atoms with van der Waals surface area (Å²) in [6.45, 7) is 5.35. The third-order valence-corrected chi connectivity index (χ3v) is 3.16. The van der Waals surface area contributed by atoms with Gasteiger partial charge in [-0.3, -0.25) is 14.9 Å². The van der Waals surface area contributed by atoms with Gasteiger partial charge in [0, 0.05) is 0 Å². The first-order valence-corrected chi connectivity index (χ1v) is 6.56. The van der Waals surface area contributed by atoms with Gasteiger partial charge in [0.05, 0.1) is 24.0 Å². The minimum atomic E-state index is -1.12. The smallest absolute Gasteiger partial charge is 0.307 e. The summed E-state index contributed by atoms with van der Waals surface area (Å²) in [6, 6.07) is 1.34. The fourth-order valence-corrected chi connectivity index (χ4v) is 2.08. The Labute approximate surface area is 121 Å². The van der Waals surface area contributed by atoms with E-state index in [1.54, 1.807) is 20.8 Å². The number of benzene rings is 1. The fourth-order valence-electron chi connectivity index (χ4n) is 2.08. The maximum absolute atomic E-state index is 14.0. The van der Waals surface area contributed by atoms with Gasteiger partial charge in [-0.2, -0.15) is 4.39 Å². The normalized spacial score (nSPS) is 12.3. The van der Waals surface area contributed by atoms with E-state index in [1.807, 2.05) is 0 Å². The lowest BCUT2D eigenvalue weighted by atomic mass is 9.85. The van der Waals surface area contributed by atoms with Gasteiger partial charge >= 0.3 is 11.7 Å². The van der Waals surface area contributed by atoms with Crippen LogP contribution in [0, 0.1) is 27.7 Å². The molecule has 0 amide bonds. The van der Waals surface area contributed by atoms with Gasteiger partial charge in [0.15, 0.2) is 0 Å². The summed E-state index contributed by atoms with van der Waals surface area (Å²) >= 11 is 0. The van der Waals surface area contributed by atoms with E-state index in [0.29, 0.717) is 6.07 Å². The Morgan fingerprint density at radius 1 is 1.33 bits per heavy atom. The molecule has 0 spiro atoms. The summed E-state index contributed by atoms with van der Waals surface area (Å²) in [5.41, 5.74) is -0.976. The van der Waals surface area contributed by atoms with E-state index in [9.17, 15) is 23.7 Å². The van der Waals surface area contributed by atoms with Crippen LogP contribution in [-0.4, -0.2) is 17.5 Å². The minimum absolute atomic E-state index is 0.0545. The van der Waals surface area contributed by atoms with Crippen molar-refractivity contribution in [2.24, 2.45) is 5.92 Å². The molecule has 1 aromatic carbocycles. The van der Waals surface area contributed by atoms with Crippen molar-refractivity contribution in [3.63, 3.8) is 0 Å². The summed E-state index contributed by atoms with van der Waals surface area (Å²) in [5, 5.41) is 10.6. The molecule has 0 aromatic heterocycles. The van der Waals surface area contributed by atoms with E-state index in [0.717, 1.165) is 6.07 Å². The lowest BCUT2D eigenvalue weighted by Crippen LogP contribution is -2.16. The maximum Gasteiger partial charge on any atom is 0.307 e. The van der Waals surface area contributed by atoms with E-state index in [2.05, 4.69) is 0 Å². The molecule has 1 rings (SSSR count). The van der Waals surface area contributed by atoms with Crippen LogP contribution in [0.2, 0.25) is 0 Å². The predicted octanol–water partition coefficient (Wildman–Crippen LogP) is 3.57. The molecule has 1 unspecified atom stereocenters. The van der Waals surface area contributed by atoms with Crippen molar-refractivity contribution in [3.8, 4) is 0 Å². The van der Waals surface area contributed by atoms with Crippen molar-refractivity contribution >= 4 is 11.7 Å². The Balaban J connectivity index is 3.17. The molecule has 0 saturated heterocycles. The zero-order valence-corrected chi connectivity index (χ0v) is 12.1. The average molecular weight is 301 g/mol. The molecule has 0 bridgehead atoms. The molecule has 5 nitrogen and oxygen atoms in total. The predicted molar refractivity (Wildman–Crippen MR) is 71.8 cm³/mol. The number of carbonyl (C=O) groups excluding carboxylic acids is 1. The van der Waals surface area contributed by atoms with Crippen molar-refractivity contribution in [2.45, 2.75) is 33.1 Å². The second-order valence-corrected chi connectivity index (χ2v) is 4.94. The van der Waals surface area contributed by atoms with Gasteiger partial charge in [0.1, 0.15) is 5.82 Å². The second kappa shape index (κ2) is 7.10. The van der Waals surface area contributed by atoms with Crippen molar-refractivity contribution in [1.82, 2.24) is 0 Å². The zero-order valence-electron chi connectivity index (χ0n) is 12.1. The number of rotatable bonds is 6. The SMILES string of the molecule is CCOC(=O)CC(c1cc(F)c([N+](=O)[O-])cc1F)C(C)C. The highest BCUT2D eigenvalue weighted by molar-refractivity contribution is 5.70. The molecule has 0 aliphatic heterocycles. The minimum Gasteiger partial charge on any atom is -0.466 e. The van der Waals surface area contributed by atoms with Crippen molar-refractivity contribution in [2.75, 3.05) is 6.61 Å². The molecule has 0 heterocycles. The van der Waals surface area contributed by atoms with Gasteiger partial charge in [-0.25, -0.2) is 4.39 Å². The standard InChI is InChI=1S/C14H17F2NO4/c1-4-21-14(18)6-9(8(2)3)10-5-12(16)13(17(19)20)7-11(10)15/h5,7-9H,4,6H2,1-3H3. The first kappa shape index (κ1) is 17.0. The monoisotopic (exact) mass is 301 g/mol. The third-order valence-electron chi connectivity index (χ3n) is 3.16.